The summed E-state index contributed by atoms with van der Waals surface area (Å²) in [6.07, 6.45) is 0. The molecule has 0 amide bonds. The fourth-order valence-electron chi connectivity index (χ4n) is 3.12. The molecule has 0 spiro atoms. The number of hydrogen-bond acceptors (Lipinski definition) is 5. The first kappa shape index (κ1) is 19.8. The summed E-state index contributed by atoms with van der Waals surface area (Å²) >= 11 is 1.12. The zero-order valence-corrected chi connectivity index (χ0v) is 16.9. The number of rotatable bonds is 6. The van der Waals surface area contributed by atoms with Crippen molar-refractivity contribution in [3.8, 4) is 11.4 Å². The maximum absolute atomic E-state index is 13.6. The van der Waals surface area contributed by atoms with Crippen molar-refractivity contribution in [1.29, 1.82) is 0 Å². The zero-order chi connectivity index (χ0) is 21.1. The molecule has 30 heavy (non-hydrogen) atoms. The van der Waals surface area contributed by atoms with Crippen LogP contribution in [0, 0.1) is 5.82 Å². The maximum atomic E-state index is 13.6. The molecule has 0 atom stereocenters. The molecule has 1 heterocycles. The average Bonchev–Trinajstić information content (AvgIpc) is 2.78. The van der Waals surface area contributed by atoms with Crippen LogP contribution < -0.4 is 10.3 Å². The predicted octanol–water partition coefficient (Wildman–Crippen LogP) is 4.51. The summed E-state index contributed by atoms with van der Waals surface area (Å²) in [4.78, 5) is 30.5. The van der Waals surface area contributed by atoms with E-state index in [1.807, 2.05) is 18.2 Å². The van der Waals surface area contributed by atoms with Gasteiger partial charge in [0, 0.05) is 0 Å². The topological polar surface area (TPSA) is 61.2 Å². The fraction of sp³-hybridized carbons (Fsp3) is 0.0870. The second kappa shape index (κ2) is 8.51. The molecule has 7 heteroatoms. The summed E-state index contributed by atoms with van der Waals surface area (Å²) in [5.41, 5.74) is 1.14. The van der Waals surface area contributed by atoms with Crippen LogP contribution in [0.15, 0.2) is 82.7 Å². The number of para-hydroxylation sites is 2. The SMILES string of the molecule is COc1ccc(F)cc1C(=O)CSc1nc2ccccc2c(=O)n1-c1ccccc1. The molecule has 0 radical (unpaired) electrons. The number of ketones is 1. The number of nitrogens with zero attached hydrogens (tertiary/aromatic N) is 2. The average molecular weight is 420 g/mol. The molecule has 0 aliphatic rings. The minimum absolute atomic E-state index is 0.0303. The number of hydrogen-bond donors (Lipinski definition) is 0. The summed E-state index contributed by atoms with van der Waals surface area (Å²) in [5.74, 6) is -0.571. The number of carbonyl (C=O) groups excluding carboxylic acids is 1. The third-order valence-corrected chi connectivity index (χ3v) is 5.49. The summed E-state index contributed by atoms with van der Waals surface area (Å²) in [6, 6.07) is 20.0. The van der Waals surface area contributed by atoms with Gasteiger partial charge in [0.2, 0.25) is 0 Å². The highest BCUT2D eigenvalue weighted by Crippen LogP contribution is 2.25. The molecule has 1 aromatic heterocycles. The highest BCUT2D eigenvalue weighted by atomic mass is 32.2. The molecule has 4 rings (SSSR count). The highest BCUT2D eigenvalue weighted by Gasteiger charge is 2.18. The molecule has 0 aliphatic carbocycles. The van der Waals surface area contributed by atoms with E-state index >= 15 is 0 Å². The Morgan fingerprint density at radius 3 is 2.57 bits per heavy atom. The molecule has 0 bridgehead atoms. The molecule has 0 unspecified atom stereocenters. The Balaban J connectivity index is 1.75. The Kier molecular flexibility index (Phi) is 5.63. The number of thioether (sulfide) groups is 1. The van der Waals surface area contributed by atoms with Crippen LogP contribution in [-0.4, -0.2) is 28.2 Å². The lowest BCUT2D eigenvalue weighted by molar-refractivity contribution is 0.101. The van der Waals surface area contributed by atoms with E-state index in [1.165, 1.54) is 23.8 Å². The van der Waals surface area contributed by atoms with Gasteiger partial charge in [0.1, 0.15) is 11.6 Å². The van der Waals surface area contributed by atoms with Gasteiger partial charge in [-0.05, 0) is 42.5 Å². The van der Waals surface area contributed by atoms with E-state index in [9.17, 15) is 14.0 Å². The Morgan fingerprint density at radius 2 is 1.80 bits per heavy atom. The quantitative estimate of drug-likeness (QED) is 0.261. The van der Waals surface area contributed by atoms with Gasteiger partial charge < -0.3 is 4.74 Å². The molecule has 5 nitrogen and oxygen atoms in total. The van der Waals surface area contributed by atoms with E-state index < -0.39 is 5.82 Å². The summed E-state index contributed by atoms with van der Waals surface area (Å²) in [5, 5.41) is 0.873. The van der Waals surface area contributed by atoms with Crippen LogP contribution in [-0.2, 0) is 0 Å². The van der Waals surface area contributed by atoms with Crippen LogP contribution in [0.1, 0.15) is 10.4 Å². The first-order valence-electron chi connectivity index (χ1n) is 9.15. The third-order valence-electron chi connectivity index (χ3n) is 4.55. The molecular formula is C23H17FN2O3S. The van der Waals surface area contributed by atoms with E-state index in [-0.39, 0.29) is 22.7 Å². The van der Waals surface area contributed by atoms with Gasteiger partial charge in [-0.1, -0.05) is 42.1 Å². The van der Waals surface area contributed by atoms with Crippen molar-refractivity contribution in [2.24, 2.45) is 0 Å². The van der Waals surface area contributed by atoms with Crippen molar-refractivity contribution in [1.82, 2.24) is 9.55 Å². The van der Waals surface area contributed by atoms with E-state index in [4.69, 9.17) is 4.74 Å². The number of carbonyl (C=O) groups is 1. The molecule has 0 aliphatic heterocycles. The lowest BCUT2D eigenvalue weighted by atomic mass is 10.1. The van der Waals surface area contributed by atoms with Gasteiger partial charge in [-0.2, -0.15) is 0 Å². The van der Waals surface area contributed by atoms with Gasteiger partial charge in [0.25, 0.3) is 5.56 Å². The first-order valence-corrected chi connectivity index (χ1v) is 10.1. The van der Waals surface area contributed by atoms with Crippen molar-refractivity contribution in [3.05, 3.63) is 94.5 Å². The number of aromatic nitrogens is 2. The largest absolute Gasteiger partial charge is 0.496 e. The van der Waals surface area contributed by atoms with E-state index in [2.05, 4.69) is 4.98 Å². The van der Waals surface area contributed by atoms with Gasteiger partial charge in [0.15, 0.2) is 10.9 Å². The van der Waals surface area contributed by atoms with Crippen LogP contribution in [0.3, 0.4) is 0 Å². The Labute approximate surface area is 176 Å². The molecule has 0 saturated carbocycles. The fourth-order valence-corrected chi connectivity index (χ4v) is 4.02. The number of Topliss-reactive ketones (excluding diaryl/α,β-unsaturated/α-hetero) is 1. The summed E-state index contributed by atoms with van der Waals surface area (Å²) < 4.78 is 20.3. The van der Waals surface area contributed by atoms with Crippen molar-refractivity contribution in [2.75, 3.05) is 12.9 Å². The number of methoxy groups -OCH3 is 1. The monoisotopic (exact) mass is 420 g/mol. The molecule has 0 saturated heterocycles. The Hall–Kier alpha value is -3.45. The number of benzene rings is 3. The number of ether oxygens (including phenoxy) is 1. The van der Waals surface area contributed by atoms with Gasteiger partial charge in [-0.3, -0.25) is 14.2 Å². The first-order chi connectivity index (χ1) is 14.6. The zero-order valence-electron chi connectivity index (χ0n) is 16.0. The molecule has 0 N–H and O–H groups in total. The summed E-state index contributed by atoms with van der Waals surface area (Å²) in [7, 11) is 1.43. The number of fused-ring (bicyclic) bond motifs is 1. The van der Waals surface area contributed by atoms with Gasteiger partial charge in [-0.15, -0.1) is 0 Å². The van der Waals surface area contributed by atoms with E-state index in [0.29, 0.717) is 27.5 Å². The van der Waals surface area contributed by atoms with Gasteiger partial charge >= 0.3 is 0 Å². The van der Waals surface area contributed by atoms with Crippen LogP contribution in [0.5, 0.6) is 5.75 Å². The predicted molar refractivity (Wildman–Crippen MR) is 115 cm³/mol. The molecular weight excluding hydrogens is 403 g/mol. The van der Waals surface area contributed by atoms with E-state index in [0.717, 1.165) is 17.8 Å². The van der Waals surface area contributed by atoms with E-state index in [1.54, 1.807) is 36.4 Å². The van der Waals surface area contributed by atoms with Gasteiger partial charge in [-0.25, -0.2) is 9.37 Å². The van der Waals surface area contributed by atoms with Crippen molar-refractivity contribution >= 4 is 28.4 Å². The van der Waals surface area contributed by atoms with Crippen LogP contribution in [0.25, 0.3) is 16.6 Å². The Morgan fingerprint density at radius 1 is 1.07 bits per heavy atom. The number of halogens is 1. The van der Waals surface area contributed by atoms with Gasteiger partial charge in [0.05, 0.1) is 35.0 Å². The highest BCUT2D eigenvalue weighted by molar-refractivity contribution is 7.99. The standard InChI is InChI=1S/C23H17FN2O3S/c1-29-21-12-11-15(24)13-18(21)20(27)14-30-23-25-19-10-6-5-9-17(19)22(28)26(23)16-7-3-2-4-8-16/h2-13H,14H2,1H3. The van der Waals surface area contributed by atoms with Crippen molar-refractivity contribution in [2.45, 2.75) is 5.16 Å². The minimum Gasteiger partial charge on any atom is -0.496 e. The lowest BCUT2D eigenvalue weighted by Gasteiger charge is -2.13. The molecule has 3 aromatic carbocycles. The smallest absolute Gasteiger partial charge is 0.266 e. The lowest BCUT2D eigenvalue weighted by Crippen LogP contribution is -2.22. The molecule has 0 fully saturated rings. The third kappa shape index (κ3) is 3.84. The molecule has 4 aromatic rings. The van der Waals surface area contributed by atoms with Crippen molar-refractivity contribution in [3.63, 3.8) is 0 Å². The molecule has 150 valence electrons. The minimum atomic E-state index is -0.519. The summed E-state index contributed by atoms with van der Waals surface area (Å²) in [6.45, 7) is 0. The van der Waals surface area contributed by atoms with Crippen LogP contribution >= 0.6 is 11.8 Å². The Bertz CT molecular complexity index is 1290. The second-order valence-corrected chi connectivity index (χ2v) is 7.39. The van der Waals surface area contributed by atoms with Crippen LogP contribution in [0.2, 0.25) is 0 Å². The van der Waals surface area contributed by atoms with Crippen molar-refractivity contribution < 1.29 is 13.9 Å². The normalized spacial score (nSPS) is 10.9. The second-order valence-electron chi connectivity index (χ2n) is 6.44. The maximum Gasteiger partial charge on any atom is 0.266 e. The van der Waals surface area contributed by atoms with Crippen LogP contribution in [0.4, 0.5) is 4.39 Å².